The summed E-state index contributed by atoms with van der Waals surface area (Å²) >= 11 is 6.32. The number of phenolic OH excluding ortho intramolecular Hbond substituents is 1. The maximum absolute atomic E-state index is 12.8. The maximum Gasteiger partial charge on any atom is 0.233 e. The first kappa shape index (κ1) is 24.0. The molecule has 6 nitrogen and oxygen atoms in total. The Morgan fingerprint density at radius 1 is 1.27 bits per heavy atom. The molecule has 2 amide bonds. The molecule has 0 unspecified atom stereocenters. The third-order valence-corrected chi connectivity index (χ3v) is 7.52. The fourth-order valence-corrected chi connectivity index (χ4v) is 5.93. The summed E-state index contributed by atoms with van der Waals surface area (Å²) in [5.41, 5.74) is 4.45. The van der Waals surface area contributed by atoms with Crippen LogP contribution in [0.5, 0.6) is 5.75 Å². The second-order valence-electron chi connectivity index (χ2n) is 9.29. The Bertz CT molecular complexity index is 1000. The predicted octanol–water partition coefficient (Wildman–Crippen LogP) is 4.60. The zero-order valence-corrected chi connectivity index (χ0v) is 20.2. The van der Waals surface area contributed by atoms with Crippen LogP contribution in [0.25, 0.3) is 6.08 Å². The van der Waals surface area contributed by atoms with Crippen LogP contribution >= 0.6 is 11.6 Å². The van der Waals surface area contributed by atoms with Gasteiger partial charge in [0.1, 0.15) is 5.75 Å². The van der Waals surface area contributed by atoms with Crippen LogP contribution in [0, 0.1) is 17.8 Å². The molecule has 1 aromatic rings. The Hall–Kier alpha value is -2.15. The molecule has 2 aliphatic heterocycles. The van der Waals surface area contributed by atoms with Crippen molar-refractivity contribution in [3.63, 3.8) is 0 Å². The number of hydrogen-bond donors (Lipinski definition) is 1. The Morgan fingerprint density at radius 3 is 2.76 bits per heavy atom. The second-order valence-corrected chi connectivity index (χ2v) is 9.70. The fourth-order valence-electron chi connectivity index (χ4n) is 5.70. The molecule has 3 aliphatic rings. The van der Waals surface area contributed by atoms with Crippen LogP contribution in [-0.2, 0) is 19.1 Å². The minimum Gasteiger partial charge on any atom is -0.508 e. The SMILES string of the molecule is CCC/C(=C\c1ccc(O)cc1Cl)CC[C@H]1OC[C@H]2C1=C(COC)C[C@H]1C(=O)N(C)C(=O)[C@H]12. The van der Waals surface area contributed by atoms with Crippen LogP contribution in [0.1, 0.15) is 44.6 Å². The van der Waals surface area contributed by atoms with Crippen molar-refractivity contribution in [2.75, 3.05) is 27.4 Å². The molecule has 7 heteroatoms. The smallest absolute Gasteiger partial charge is 0.233 e. The number of nitrogens with zero attached hydrogens (tertiary/aromatic N) is 1. The maximum atomic E-state index is 12.8. The Balaban J connectivity index is 1.56. The number of imide groups is 1. The topological polar surface area (TPSA) is 76.1 Å². The lowest BCUT2D eigenvalue weighted by molar-refractivity contribution is -0.138. The van der Waals surface area contributed by atoms with Gasteiger partial charge < -0.3 is 14.6 Å². The number of fused-ring (bicyclic) bond motifs is 3. The summed E-state index contributed by atoms with van der Waals surface area (Å²) < 4.78 is 11.7. The van der Waals surface area contributed by atoms with E-state index in [-0.39, 0.29) is 41.4 Å². The number of carbonyl (C=O) groups is 2. The van der Waals surface area contributed by atoms with E-state index in [0.717, 1.165) is 36.8 Å². The molecule has 0 saturated carbocycles. The van der Waals surface area contributed by atoms with Crippen LogP contribution in [0.2, 0.25) is 5.02 Å². The van der Waals surface area contributed by atoms with Crippen LogP contribution < -0.4 is 0 Å². The fraction of sp³-hybridized carbons (Fsp3) is 0.538. The van der Waals surface area contributed by atoms with Gasteiger partial charge in [0.15, 0.2) is 0 Å². The molecule has 4 rings (SSSR count). The van der Waals surface area contributed by atoms with Gasteiger partial charge in [0.25, 0.3) is 0 Å². The normalized spacial score (nSPS) is 27.4. The number of hydrogen-bond acceptors (Lipinski definition) is 5. The third kappa shape index (κ3) is 4.61. The number of methoxy groups -OCH3 is 1. The number of likely N-dealkylation sites (tertiary alicyclic amines) is 1. The van der Waals surface area contributed by atoms with Gasteiger partial charge in [-0.3, -0.25) is 14.5 Å². The minimum absolute atomic E-state index is 0.0505. The molecule has 2 saturated heterocycles. The van der Waals surface area contributed by atoms with E-state index < -0.39 is 0 Å². The van der Waals surface area contributed by atoms with Gasteiger partial charge in [0.2, 0.25) is 11.8 Å². The van der Waals surface area contributed by atoms with Gasteiger partial charge in [-0.15, -0.1) is 0 Å². The number of halogens is 1. The molecular formula is C26H32ClNO5. The quantitative estimate of drug-likeness (QED) is 0.441. The first-order valence-electron chi connectivity index (χ1n) is 11.7. The van der Waals surface area contributed by atoms with Crippen molar-refractivity contribution in [2.45, 2.75) is 45.1 Å². The summed E-state index contributed by atoms with van der Waals surface area (Å²) in [4.78, 5) is 26.8. The molecule has 1 N–H and O–H groups in total. The van der Waals surface area contributed by atoms with Gasteiger partial charge in [-0.1, -0.05) is 36.6 Å². The zero-order chi connectivity index (χ0) is 23.7. The first-order chi connectivity index (χ1) is 15.8. The largest absolute Gasteiger partial charge is 0.508 e. The molecule has 0 bridgehead atoms. The number of allylic oxidation sites excluding steroid dienone is 1. The Morgan fingerprint density at radius 2 is 2.06 bits per heavy atom. The highest BCUT2D eigenvalue weighted by atomic mass is 35.5. The van der Waals surface area contributed by atoms with Crippen molar-refractivity contribution in [3.05, 3.63) is 45.5 Å². The van der Waals surface area contributed by atoms with E-state index in [9.17, 15) is 14.7 Å². The zero-order valence-electron chi connectivity index (χ0n) is 19.5. The van der Waals surface area contributed by atoms with Crippen LogP contribution in [0.4, 0.5) is 0 Å². The van der Waals surface area contributed by atoms with E-state index in [0.29, 0.717) is 24.7 Å². The number of phenols is 1. The summed E-state index contributed by atoms with van der Waals surface area (Å²) in [6.07, 6.45) is 6.20. The molecule has 0 spiro atoms. The number of aromatic hydroxyl groups is 1. The minimum atomic E-state index is -0.315. The summed E-state index contributed by atoms with van der Waals surface area (Å²) in [7, 11) is 3.25. The lowest BCUT2D eigenvalue weighted by Gasteiger charge is -2.31. The molecule has 2 fully saturated rings. The van der Waals surface area contributed by atoms with Crippen LogP contribution in [0.15, 0.2) is 34.9 Å². The number of carbonyl (C=O) groups excluding carboxylic acids is 2. The Kier molecular flexibility index (Phi) is 7.27. The lowest BCUT2D eigenvalue weighted by Crippen LogP contribution is -2.34. The molecular weight excluding hydrogens is 442 g/mol. The lowest BCUT2D eigenvalue weighted by atomic mass is 9.69. The van der Waals surface area contributed by atoms with Gasteiger partial charge in [0, 0.05) is 20.1 Å². The highest BCUT2D eigenvalue weighted by Gasteiger charge is 2.55. The predicted molar refractivity (Wildman–Crippen MR) is 127 cm³/mol. The van der Waals surface area contributed by atoms with Crippen molar-refractivity contribution in [3.8, 4) is 5.75 Å². The number of ether oxygens (including phenoxy) is 2. The monoisotopic (exact) mass is 473 g/mol. The van der Waals surface area contributed by atoms with Gasteiger partial charge in [-0.05, 0) is 60.6 Å². The molecule has 2 heterocycles. The van der Waals surface area contributed by atoms with E-state index in [2.05, 4.69) is 13.0 Å². The van der Waals surface area contributed by atoms with Gasteiger partial charge >= 0.3 is 0 Å². The van der Waals surface area contributed by atoms with Gasteiger partial charge in [-0.25, -0.2) is 0 Å². The number of rotatable bonds is 8. The van der Waals surface area contributed by atoms with Crippen molar-refractivity contribution in [1.29, 1.82) is 0 Å². The first-order valence-corrected chi connectivity index (χ1v) is 12.0. The molecule has 0 radical (unpaired) electrons. The van der Waals surface area contributed by atoms with Crippen LogP contribution in [0.3, 0.4) is 0 Å². The highest BCUT2D eigenvalue weighted by molar-refractivity contribution is 6.32. The average Bonchev–Trinajstić information content (AvgIpc) is 3.30. The number of amides is 2. The van der Waals surface area contributed by atoms with E-state index in [4.69, 9.17) is 21.1 Å². The molecule has 1 aliphatic carbocycles. The average molecular weight is 474 g/mol. The van der Waals surface area contributed by atoms with E-state index in [1.54, 1.807) is 26.3 Å². The summed E-state index contributed by atoms with van der Waals surface area (Å²) in [5, 5.41) is 10.2. The molecule has 4 atom stereocenters. The summed E-state index contributed by atoms with van der Waals surface area (Å²) in [6, 6.07) is 5.02. The van der Waals surface area contributed by atoms with E-state index >= 15 is 0 Å². The van der Waals surface area contributed by atoms with Crippen molar-refractivity contribution in [1.82, 2.24) is 4.90 Å². The third-order valence-electron chi connectivity index (χ3n) is 7.19. The van der Waals surface area contributed by atoms with Crippen molar-refractivity contribution < 1.29 is 24.2 Å². The Labute approximate surface area is 200 Å². The summed E-state index contributed by atoms with van der Waals surface area (Å²) in [6.45, 7) is 3.08. The van der Waals surface area contributed by atoms with E-state index in [1.165, 1.54) is 16.0 Å². The van der Waals surface area contributed by atoms with E-state index in [1.807, 2.05) is 6.07 Å². The van der Waals surface area contributed by atoms with Gasteiger partial charge in [0.05, 0.1) is 36.2 Å². The summed E-state index contributed by atoms with van der Waals surface area (Å²) in [5.74, 6) is -0.675. The second kappa shape index (κ2) is 10.00. The van der Waals surface area contributed by atoms with Crippen molar-refractivity contribution in [2.24, 2.45) is 17.8 Å². The molecule has 1 aromatic carbocycles. The highest BCUT2D eigenvalue weighted by Crippen LogP contribution is 2.49. The molecule has 178 valence electrons. The number of benzene rings is 1. The molecule has 0 aromatic heterocycles. The molecule has 33 heavy (non-hydrogen) atoms. The van der Waals surface area contributed by atoms with Crippen LogP contribution in [-0.4, -0.2) is 55.3 Å². The standard InChI is InChI=1S/C26H32ClNO5/c1-4-5-15(10-16-7-8-18(29)12-21(16)27)6-9-22-23-17(13-32-3)11-19-24(20(23)14-33-22)26(31)28(2)25(19)30/h7-8,10,12,19-20,22,24,29H,4-6,9,11,13-14H2,1-3H3/b15-10+/t19-,20+,22-,24-/m1/s1. The van der Waals surface area contributed by atoms with Crippen molar-refractivity contribution >= 4 is 29.5 Å². The van der Waals surface area contributed by atoms with Gasteiger partial charge in [-0.2, -0.15) is 0 Å².